The molecule has 0 atom stereocenters. The van der Waals surface area contributed by atoms with Crippen LogP contribution in [0.1, 0.15) is 23.1 Å². The number of ether oxygens (including phenoxy) is 1. The van der Waals surface area contributed by atoms with Crippen molar-refractivity contribution in [2.45, 2.75) is 24.3 Å². The van der Waals surface area contributed by atoms with Crippen LogP contribution in [0.2, 0.25) is 0 Å². The Balaban J connectivity index is 1.26. The number of para-hydroxylation sites is 2. The maximum atomic E-state index is 13.6. The van der Waals surface area contributed by atoms with Crippen molar-refractivity contribution in [2.75, 3.05) is 49.7 Å². The summed E-state index contributed by atoms with van der Waals surface area (Å²) < 4.78 is 35.5. The predicted octanol–water partition coefficient (Wildman–Crippen LogP) is 4.16. The second-order valence-electron chi connectivity index (χ2n) is 11.1. The van der Waals surface area contributed by atoms with Gasteiger partial charge in [-0.15, -0.1) is 0 Å². The van der Waals surface area contributed by atoms with Gasteiger partial charge in [-0.3, -0.25) is 9.59 Å². The molecule has 10 heteroatoms. The molecule has 3 aromatic carbocycles. The van der Waals surface area contributed by atoms with Crippen molar-refractivity contribution in [3.8, 4) is 0 Å². The Bertz CT molecular complexity index is 1910. The zero-order valence-electron chi connectivity index (χ0n) is 23.9. The van der Waals surface area contributed by atoms with Crippen LogP contribution in [0.15, 0.2) is 77.8 Å². The fraction of sp³-hybridized carbons (Fsp3) is 0.273. The average Bonchev–Trinajstić information content (AvgIpc) is 3.50. The van der Waals surface area contributed by atoms with Crippen LogP contribution in [0.5, 0.6) is 0 Å². The molecule has 220 valence electrons. The summed E-state index contributed by atoms with van der Waals surface area (Å²) in [6.07, 6.45) is 5.61. The molecule has 0 unspecified atom stereocenters. The van der Waals surface area contributed by atoms with Crippen molar-refractivity contribution < 1.29 is 22.7 Å². The van der Waals surface area contributed by atoms with Gasteiger partial charge in [-0.05, 0) is 54.8 Å². The number of hydrogen-bond donors (Lipinski definition) is 0. The van der Waals surface area contributed by atoms with E-state index in [1.807, 2.05) is 64.2 Å². The van der Waals surface area contributed by atoms with Gasteiger partial charge in [-0.2, -0.15) is 4.31 Å². The summed E-state index contributed by atoms with van der Waals surface area (Å²) in [6.45, 7) is 2.13. The van der Waals surface area contributed by atoms with Crippen LogP contribution in [0.4, 0.5) is 11.4 Å². The lowest BCUT2D eigenvalue weighted by Gasteiger charge is -2.29. The number of likely N-dealkylation sites (N-methyl/N-ethyl adjacent to an activating group) is 1. The Morgan fingerprint density at radius 1 is 0.953 bits per heavy atom. The Morgan fingerprint density at radius 2 is 1.72 bits per heavy atom. The zero-order chi connectivity index (χ0) is 29.7. The molecule has 1 saturated heterocycles. The molecule has 43 heavy (non-hydrogen) atoms. The minimum atomic E-state index is -3.74. The topological polar surface area (TPSA) is 92.2 Å². The van der Waals surface area contributed by atoms with Crippen LogP contribution in [0, 0.1) is 0 Å². The molecule has 0 spiro atoms. The second kappa shape index (κ2) is 10.8. The summed E-state index contributed by atoms with van der Waals surface area (Å²) in [6, 6.07) is 20.7. The van der Waals surface area contributed by atoms with Crippen molar-refractivity contribution in [3.63, 3.8) is 0 Å². The van der Waals surface area contributed by atoms with Gasteiger partial charge in [0.05, 0.1) is 23.8 Å². The first kappa shape index (κ1) is 27.6. The number of carbonyl (C=O) groups excluding carboxylic acids is 2. The Labute approximate surface area is 250 Å². The molecule has 3 aliphatic heterocycles. The molecular formula is C33H32N4O5S. The SMILES string of the molecule is CN1C(=O)/C(=C\c2cn(CC(=O)N3CCCc4ccccc43)c3ccccc23)c2cc(S(=O)(=O)N3CCOCC3)ccc21. The molecule has 0 saturated carbocycles. The first-order valence-corrected chi connectivity index (χ1v) is 15.9. The number of carbonyl (C=O) groups is 2. The molecule has 1 fully saturated rings. The number of anilines is 2. The summed E-state index contributed by atoms with van der Waals surface area (Å²) in [5, 5.41) is 0.905. The van der Waals surface area contributed by atoms with E-state index >= 15 is 0 Å². The Morgan fingerprint density at radius 3 is 2.56 bits per heavy atom. The molecule has 0 aliphatic carbocycles. The molecule has 0 radical (unpaired) electrons. The van der Waals surface area contributed by atoms with Gasteiger partial charge in [0.15, 0.2) is 0 Å². The van der Waals surface area contributed by atoms with Crippen LogP contribution in [-0.2, 0) is 37.3 Å². The lowest BCUT2D eigenvalue weighted by molar-refractivity contribution is -0.119. The molecular weight excluding hydrogens is 564 g/mol. The number of aromatic nitrogens is 1. The predicted molar refractivity (Wildman–Crippen MR) is 166 cm³/mol. The maximum absolute atomic E-state index is 13.6. The first-order valence-electron chi connectivity index (χ1n) is 14.5. The number of fused-ring (bicyclic) bond motifs is 3. The number of rotatable bonds is 5. The van der Waals surface area contributed by atoms with Crippen LogP contribution in [0.25, 0.3) is 22.6 Å². The zero-order valence-corrected chi connectivity index (χ0v) is 24.7. The molecule has 0 bridgehead atoms. The molecule has 9 nitrogen and oxygen atoms in total. The van der Waals surface area contributed by atoms with E-state index in [9.17, 15) is 18.0 Å². The fourth-order valence-corrected chi connectivity index (χ4v) is 7.80. The van der Waals surface area contributed by atoms with E-state index < -0.39 is 10.0 Å². The number of benzene rings is 3. The van der Waals surface area contributed by atoms with Crippen molar-refractivity contribution >= 4 is 55.8 Å². The monoisotopic (exact) mass is 596 g/mol. The lowest BCUT2D eigenvalue weighted by Crippen LogP contribution is -2.40. The quantitative estimate of drug-likeness (QED) is 0.323. The van der Waals surface area contributed by atoms with Gasteiger partial charge < -0.3 is 19.1 Å². The molecule has 7 rings (SSSR count). The highest BCUT2D eigenvalue weighted by molar-refractivity contribution is 7.89. The highest BCUT2D eigenvalue weighted by atomic mass is 32.2. The lowest BCUT2D eigenvalue weighted by atomic mass is 10.0. The second-order valence-corrected chi connectivity index (χ2v) is 13.1. The Hall–Kier alpha value is -4.25. The van der Waals surface area contributed by atoms with Gasteiger partial charge >= 0.3 is 0 Å². The van der Waals surface area contributed by atoms with E-state index in [1.165, 1.54) is 9.87 Å². The minimum Gasteiger partial charge on any atom is -0.379 e. The van der Waals surface area contributed by atoms with Crippen molar-refractivity contribution in [1.29, 1.82) is 0 Å². The molecule has 0 N–H and O–H groups in total. The summed E-state index contributed by atoms with van der Waals surface area (Å²) in [7, 11) is -2.05. The van der Waals surface area contributed by atoms with E-state index in [-0.39, 0.29) is 23.3 Å². The minimum absolute atomic E-state index is 0.00656. The third-order valence-corrected chi connectivity index (χ3v) is 10.5. The van der Waals surface area contributed by atoms with Gasteiger partial charge in [0, 0.05) is 66.2 Å². The van der Waals surface area contributed by atoms with Gasteiger partial charge in [-0.25, -0.2) is 8.42 Å². The highest BCUT2D eigenvalue weighted by Crippen LogP contribution is 2.40. The maximum Gasteiger partial charge on any atom is 0.258 e. The smallest absolute Gasteiger partial charge is 0.258 e. The van der Waals surface area contributed by atoms with Gasteiger partial charge in [0.25, 0.3) is 5.91 Å². The van der Waals surface area contributed by atoms with E-state index in [4.69, 9.17) is 4.74 Å². The largest absolute Gasteiger partial charge is 0.379 e. The standard InChI is InChI=1S/C33H32N4O5S/c1-34-30-13-12-25(43(40,41)36-15-17-42-18-16-36)20-27(30)28(33(34)39)19-24-21-35(31-11-5-3-9-26(24)31)22-32(38)37-14-6-8-23-7-2-4-10-29(23)37/h2-5,7,9-13,19-21H,6,8,14-18,22H2,1H3/b28-19-. The van der Waals surface area contributed by atoms with Gasteiger partial charge in [0.1, 0.15) is 6.54 Å². The number of morpholine rings is 1. The van der Waals surface area contributed by atoms with Crippen LogP contribution in [0.3, 0.4) is 0 Å². The summed E-state index contributed by atoms with van der Waals surface area (Å²) in [4.78, 5) is 30.7. The van der Waals surface area contributed by atoms with Crippen LogP contribution < -0.4 is 9.80 Å². The number of hydrogen-bond acceptors (Lipinski definition) is 5. The molecule has 4 aromatic rings. The average molecular weight is 597 g/mol. The fourth-order valence-electron chi connectivity index (χ4n) is 6.36. The van der Waals surface area contributed by atoms with Crippen LogP contribution >= 0.6 is 0 Å². The molecule has 4 heterocycles. The summed E-state index contributed by atoms with van der Waals surface area (Å²) in [5.41, 5.74) is 5.46. The normalized spacial score (nSPS) is 18.3. The summed E-state index contributed by atoms with van der Waals surface area (Å²) >= 11 is 0. The number of sulfonamides is 1. The summed E-state index contributed by atoms with van der Waals surface area (Å²) in [5.74, 6) is -0.208. The van der Waals surface area contributed by atoms with Gasteiger partial charge in [0.2, 0.25) is 15.9 Å². The first-order chi connectivity index (χ1) is 20.8. The molecule has 1 aromatic heterocycles. The van der Waals surface area contributed by atoms with Crippen molar-refractivity contribution in [1.82, 2.24) is 8.87 Å². The third kappa shape index (κ3) is 4.75. The van der Waals surface area contributed by atoms with E-state index in [2.05, 4.69) is 6.07 Å². The van der Waals surface area contributed by atoms with Gasteiger partial charge in [-0.1, -0.05) is 36.4 Å². The third-order valence-electron chi connectivity index (χ3n) is 8.60. The van der Waals surface area contributed by atoms with Crippen molar-refractivity contribution in [2.24, 2.45) is 0 Å². The van der Waals surface area contributed by atoms with E-state index in [0.29, 0.717) is 49.7 Å². The van der Waals surface area contributed by atoms with Crippen LogP contribution in [-0.4, -0.2) is 69.0 Å². The number of nitrogens with zero attached hydrogens (tertiary/aromatic N) is 4. The number of aryl methyl sites for hydroxylation is 1. The van der Waals surface area contributed by atoms with Crippen molar-refractivity contribution in [3.05, 3.63) is 89.6 Å². The van der Waals surface area contributed by atoms with E-state index in [1.54, 1.807) is 30.1 Å². The highest BCUT2D eigenvalue weighted by Gasteiger charge is 2.33. The molecule has 2 amide bonds. The number of amides is 2. The molecule has 3 aliphatic rings. The Kier molecular flexibility index (Phi) is 6.92. The van der Waals surface area contributed by atoms with E-state index in [0.717, 1.165) is 35.0 Å².